The quantitative estimate of drug-likeness (QED) is 0.846. The molecule has 1 aliphatic carbocycles. The number of aliphatic hydroxyl groups excluding tert-OH is 1. The zero-order valence-electron chi connectivity index (χ0n) is 10.5. The molecule has 1 fully saturated rings. The highest BCUT2D eigenvalue weighted by molar-refractivity contribution is 6.30. The van der Waals surface area contributed by atoms with E-state index in [0.717, 1.165) is 19.4 Å². The summed E-state index contributed by atoms with van der Waals surface area (Å²) in [6.45, 7) is 1.33. The Balaban J connectivity index is 1.77. The van der Waals surface area contributed by atoms with Gasteiger partial charge in [0.05, 0.1) is 18.2 Å². The molecule has 1 aliphatic heterocycles. The molecule has 0 saturated carbocycles. The van der Waals surface area contributed by atoms with Gasteiger partial charge in [-0.3, -0.25) is 9.79 Å². The van der Waals surface area contributed by atoms with E-state index < -0.39 is 0 Å². The number of Topliss-reactive ketones (excluding diaryl/α,β-unsaturated/α-hetero) is 1. The average Bonchev–Trinajstić information content (AvgIpc) is 3.02. The molecule has 0 bridgehead atoms. The van der Waals surface area contributed by atoms with Gasteiger partial charge >= 0.3 is 0 Å². The van der Waals surface area contributed by atoms with Crippen LogP contribution < -0.4 is 0 Å². The molecule has 1 aromatic rings. The van der Waals surface area contributed by atoms with E-state index in [-0.39, 0.29) is 23.2 Å². The van der Waals surface area contributed by atoms with Gasteiger partial charge in [0.25, 0.3) is 0 Å². The van der Waals surface area contributed by atoms with Crippen LogP contribution in [0.3, 0.4) is 0 Å². The topological polar surface area (TPSA) is 58.9 Å². The minimum absolute atomic E-state index is 0.0247. The van der Waals surface area contributed by atoms with Crippen molar-refractivity contribution in [1.82, 2.24) is 0 Å². The monoisotopic (exact) mass is 257 g/mol. The van der Waals surface area contributed by atoms with Crippen LogP contribution in [-0.2, 0) is 4.74 Å². The first kappa shape index (κ1) is 12.1. The zero-order chi connectivity index (χ0) is 13.2. The number of ketones is 1. The van der Waals surface area contributed by atoms with Crippen LogP contribution >= 0.6 is 0 Å². The lowest BCUT2D eigenvalue weighted by molar-refractivity contribution is 0.104. The van der Waals surface area contributed by atoms with E-state index in [2.05, 4.69) is 4.99 Å². The highest BCUT2D eigenvalue weighted by Crippen LogP contribution is 2.29. The molecule has 98 valence electrons. The Morgan fingerprint density at radius 1 is 1.37 bits per heavy atom. The molecule has 4 nitrogen and oxygen atoms in total. The fourth-order valence-electron chi connectivity index (χ4n) is 2.45. The van der Waals surface area contributed by atoms with E-state index in [1.54, 1.807) is 24.3 Å². The van der Waals surface area contributed by atoms with Gasteiger partial charge in [0.15, 0.2) is 5.78 Å². The van der Waals surface area contributed by atoms with Gasteiger partial charge in [-0.2, -0.15) is 0 Å². The number of ether oxygens (including phenoxy) is 1. The molecule has 1 heterocycles. The first-order chi connectivity index (χ1) is 9.27. The van der Waals surface area contributed by atoms with Crippen molar-refractivity contribution in [2.75, 3.05) is 13.2 Å². The van der Waals surface area contributed by atoms with Crippen LogP contribution in [0.4, 0.5) is 0 Å². The second-order valence-electron chi connectivity index (χ2n) is 4.77. The lowest BCUT2D eigenvalue weighted by Gasteiger charge is -2.03. The highest BCUT2D eigenvalue weighted by Gasteiger charge is 2.28. The number of carbonyl (C=O) groups is 1. The smallest absolute Gasteiger partial charge is 0.199 e. The van der Waals surface area contributed by atoms with Crippen LogP contribution in [0.15, 0.2) is 34.8 Å². The predicted molar refractivity (Wildman–Crippen MR) is 72.7 cm³/mol. The molecular formula is C15H15NO3. The summed E-state index contributed by atoms with van der Waals surface area (Å²) in [6.07, 6.45) is 3.70. The van der Waals surface area contributed by atoms with Crippen molar-refractivity contribution in [2.24, 2.45) is 4.99 Å². The van der Waals surface area contributed by atoms with Crippen LogP contribution in [0, 0.1) is 0 Å². The summed E-state index contributed by atoms with van der Waals surface area (Å²) < 4.78 is 5.46. The molecule has 4 heteroatoms. The van der Waals surface area contributed by atoms with Crippen LogP contribution in [-0.4, -0.2) is 36.4 Å². The summed E-state index contributed by atoms with van der Waals surface area (Å²) in [5, 5.41) is 10.0. The summed E-state index contributed by atoms with van der Waals surface area (Å²) >= 11 is 0. The van der Waals surface area contributed by atoms with E-state index in [1.807, 2.05) is 0 Å². The SMILES string of the molecule is O=C1C(C=NC[C@@H]2CCCO2)=C(O)c2ccccc21. The third kappa shape index (κ3) is 2.19. The lowest BCUT2D eigenvalue weighted by Crippen LogP contribution is -2.09. The highest BCUT2D eigenvalue weighted by atomic mass is 16.5. The molecule has 19 heavy (non-hydrogen) atoms. The summed E-state index contributed by atoms with van der Waals surface area (Å²) in [5.41, 5.74) is 1.41. The first-order valence-corrected chi connectivity index (χ1v) is 6.46. The standard InChI is InChI=1S/C15H15NO3/c17-14-11-5-1-2-6-12(11)15(18)13(14)9-16-8-10-4-3-7-19-10/h1-2,5-6,9-10,17H,3-4,7-8H2/t10-/m0/s1. The van der Waals surface area contributed by atoms with Gasteiger partial charge < -0.3 is 9.84 Å². The van der Waals surface area contributed by atoms with Crippen molar-refractivity contribution in [3.8, 4) is 0 Å². The minimum atomic E-state index is -0.163. The van der Waals surface area contributed by atoms with Crippen LogP contribution in [0.2, 0.25) is 0 Å². The molecule has 3 rings (SSSR count). The number of aliphatic hydroxyl groups is 1. The Morgan fingerprint density at radius 3 is 2.84 bits per heavy atom. The summed E-state index contributed by atoms with van der Waals surface area (Å²) in [7, 11) is 0. The molecular weight excluding hydrogens is 242 g/mol. The zero-order valence-corrected chi connectivity index (χ0v) is 10.5. The van der Waals surface area contributed by atoms with Gasteiger partial charge in [-0.15, -0.1) is 0 Å². The number of allylic oxidation sites excluding steroid dienone is 1. The molecule has 1 saturated heterocycles. The maximum absolute atomic E-state index is 12.1. The van der Waals surface area contributed by atoms with E-state index in [9.17, 15) is 9.90 Å². The average molecular weight is 257 g/mol. The molecule has 0 amide bonds. The number of aliphatic imine (C=N–C) groups is 1. The number of hydrogen-bond donors (Lipinski definition) is 1. The Bertz CT molecular complexity index is 569. The fraction of sp³-hybridized carbons (Fsp3) is 0.333. The number of nitrogens with zero attached hydrogens (tertiary/aromatic N) is 1. The van der Waals surface area contributed by atoms with Crippen LogP contribution in [0.25, 0.3) is 5.76 Å². The Labute approximate surface area is 111 Å². The number of benzene rings is 1. The largest absolute Gasteiger partial charge is 0.506 e. The fourth-order valence-corrected chi connectivity index (χ4v) is 2.45. The normalized spacial score (nSPS) is 22.5. The maximum atomic E-state index is 12.1. The van der Waals surface area contributed by atoms with Gasteiger partial charge in [-0.25, -0.2) is 0 Å². The van der Waals surface area contributed by atoms with Gasteiger partial charge in [0.1, 0.15) is 5.76 Å². The third-order valence-electron chi connectivity index (χ3n) is 3.48. The summed E-state index contributed by atoms with van der Waals surface area (Å²) in [4.78, 5) is 16.3. The van der Waals surface area contributed by atoms with E-state index in [4.69, 9.17) is 4.74 Å². The van der Waals surface area contributed by atoms with Crippen molar-refractivity contribution in [2.45, 2.75) is 18.9 Å². The van der Waals surface area contributed by atoms with E-state index in [1.165, 1.54) is 6.21 Å². The van der Waals surface area contributed by atoms with E-state index >= 15 is 0 Å². The Kier molecular flexibility index (Phi) is 3.17. The lowest BCUT2D eigenvalue weighted by atomic mass is 10.1. The molecule has 1 N–H and O–H groups in total. The third-order valence-corrected chi connectivity index (χ3v) is 3.48. The van der Waals surface area contributed by atoms with Crippen LogP contribution in [0.5, 0.6) is 0 Å². The molecule has 0 radical (unpaired) electrons. The van der Waals surface area contributed by atoms with Crippen LogP contribution in [0.1, 0.15) is 28.8 Å². The number of rotatable bonds is 3. The number of hydrogen-bond acceptors (Lipinski definition) is 4. The second kappa shape index (κ2) is 4.97. The van der Waals surface area contributed by atoms with E-state index in [0.29, 0.717) is 17.7 Å². The second-order valence-corrected chi connectivity index (χ2v) is 4.77. The van der Waals surface area contributed by atoms with Gasteiger partial charge in [0.2, 0.25) is 0 Å². The predicted octanol–water partition coefficient (Wildman–Crippen LogP) is 2.40. The molecule has 1 atom stereocenters. The Morgan fingerprint density at radius 2 is 2.16 bits per heavy atom. The molecule has 2 aliphatic rings. The Hall–Kier alpha value is -1.94. The van der Waals surface area contributed by atoms with Gasteiger partial charge in [0, 0.05) is 23.9 Å². The van der Waals surface area contributed by atoms with Gasteiger partial charge in [-0.1, -0.05) is 24.3 Å². The van der Waals surface area contributed by atoms with Crippen molar-refractivity contribution < 1.29 is 14.6 Å². The van der Waals surface area contributed by atoms with Crippen molar-refractivity contribution in [3.05, 3.63) is 41.0 Å². The maximum Gasteiger partial charge on any atom is 0.199 e. The van der Waals surface area contributed by atoms with Crippen molar-refractivity contribution in [1.29, 1.82) is 0 Å². The van der Waals surface area contributed by atoms with Crippen molar-refractivity contribution >= 4 is 17.8 Å². The van der Waals surface area contributed by atoms with Crippen molar-refractivity contribution in [3.63, 3.8) is 0 Å². The summed E-state index contributed by atoms with van der Waals surface area (Å²) in [6, 6.07) is 7.05. The number of carbonyl (C=O) groups excluding carboxylic acids is 1. The van der Waals surface area contributed by atoms with Gasteiger partial charge in [-0.05, 0) is 12.8 Å². The molecule has 1 aromatic carbocycles. The molecule has 0 aromatic heterocycles. The minimum Gasteiger partial charge on any atom is -0.506 e. The molecule has 0 spiro atoms. The first-order valence-electron chi connectivity index (χ1n) is 6.46. The summed E-state index contributed by atoms with van der Waals surface area (Å²) in [5.74, 6) is -0.138. The number of fused-ring (bicyclic) bond motifs is 1. The molecule has 0 unspecified atom stereocenters.